The van der Waals surface area contributed by atoms with Crippen molar-refractivity contribution in [3.63, 3.8) is 0 Å². The van der Waals surface area contributed by atoms with Gasteiger partial charge in [-0.05, 0) is 49.9 Å². The van der Waals surface area contributed by atoms with E-state index in [1.807, 2.05) is 11.8 Å². The maximum Gasteiger partial charge on any atom is 0.289 e. The molecule has 5 heteroatoms. The lowest BCUT2D eigenvalue weighted by Gasteiger charge is -2.37. The molecule has 0 aromatic carbocycles. The molecule has 1 aromatic rings. The number of carbonyl (C=O) groups is 1. The van der Waals surface area contributed by atoms with E-state index in [-0.39, 0.29) is 23.2 Å². The lowest BCUT2D eigenvalue weighted by atomic mass is 9.96. The number of hydrogen-bond donors (Lipinski definition) is 1. The van der Waals surface area contributed by atoms with Crippen molar-refractivity contribution < 1.29 is 9.21 Å². The molecule has 2 atom stereocenters. The van der Waals surface area contributed by atoms with E-state index in [4.69, 9.17) is 21.8 Å². The Morgan fingerprint density at radius 1 is 1.59 bits per heavy atom. The van der Waals surface area contributed by atoms with Crippen LogP contribution >= 0.6 is 11.6 Å². The van der Waals surface area contributed by atoms with Crippen LogP contribution in [0.3, 0.4) is 0 Å². The molecule has 4 nitrogen and oxygen atoms in total. The molecule has 17 heavy (non-hydrogen) atoms. The van der Waals surface area contributed by atoms with Crippen LogP contribution in [0.25, 0.3) is 0 Å². The van der Waals surface area contributed by atoms with Gasteiger partial charge in [-0.15, -0.1) is 0 Å². The van der Waals surface area contributed by atoms with Gasteiger partial charge in [-0.2, -0.15) is 0 Å². The smallest absolute Gasteiger partial charge is 0.289 e. The fraction of sp³-hybridized carbons (Fsp3) is 0.583. The zero-order valence-corrected chi connectivity index (χ0v) is 10.6. The first-order valence-corrected chi connectivity index (χ1v) is 6.29. The second kappa shape index (κ2) is 5.10. The van der Waals surface area contributed by atoms with Gasteiger partial charge in [-0.3, -0.25) is 4.79 Å². The first-order chi connectivity index (χ1) is 8.09. The summed E-state index contributed by atoms with van der Waals surface area (Å²) in [7, 11) is 0. The van der Waals surface area contributed by atoms with Crippen LogP contribution in [0.5, 0.6) is 0 Å². The molecular formula is C12H17ClN2O2. The van der Waals surface area contributed by atoms with Gasteiger partial charge in [0, 0.05) is 18.6 Å². The standard InChI is InChI=1S/C12H17ClN2O2/c1-8(14)9-4-2-3-7-15(9)12(16)10-5-6-11(13)17-10/h5-6,8-9H,2-4,7,14H2,1H3/t8-,9+/m1/s1. The normalized spacial score (nSPS) is 22.5. The third kappa shape index (κ3) is 2.64. The van der Waals surface area contributed by atoms with Gasteiger partial charge in [-0.25, -0.2) is 0 Å². The summed E-state index contributed by atoms with van der Waals surface area (Å²) >= 11 is 5.68. The number of carbonyl (C=O) groups excluding carboxylic acids is 1. The van der Waals surface area contributed by atoms with Crippen molar-refractivity contribution in [1.82, 2.24) is 4.90 Å². The van der Waals surface area contributed by atoms with Gasteiger partial charge in [-0.1, -0.05) is 0 Å². The molecule has 2 heterocycles. The number of halogens is 1. The average molecular weight is 257 g/mol. The molecule has 1 saturated heterocycles. The fourth-order valence-electron chi connectivity index (χ4n) is 2.33. The summed E-state index contributed by atoms with van der Waals surface area (Å²) in [4.78, 5) is 14.1. The van der Waals surface area contributed by atoms with Crippen molar-refractivity contribution in [2.75, 3.05) is 6.54 Å². The molecule has 1 aliphatic rings. The molecule has 0 unspecified atom stereocenters. The van der Waals surface area contributed by atoms with Gasteiger partial charge in [0.05, 0.1) is 0 Å². The first-order valence-electron chi connectivity index (χ1n) is 5.91. The number of hydrogen-bond acceptors (Lipinski definition) is 3. The van der Waals surface area contributed by atoms with Crippen molar-refractivity contribution in [2.24, 2.45) is 5.73 Å². The highest BCUT2D eigenvalue weighted by Gasteiger charge is 2.31. The first kappa shape index (κ1) is 12.5. The Labute approximate surface area is 106 Å². The molecule has 1 aliphatic heterocycles. The minimum atomic E-state index is -0.112. The Morgan fingerprint density at radius 3 is 2.94 bits per heavy atom. The molecule has 1 aromatic heterocycles. The quantitative estimate of drug-likeness (QED) is 0.883. The van der Waals surface area contributed by atoms with E-state index in [2.05, 4.69) is 0 Å². The van der Waals surface area contributed by atoms with E-state index in [0.717, 1.165) is 25.8 Å². The highest BCUT2D eigenvalue weighted by molar-refractivity contribution is 6.29. The third-order valence-corrected chi connectivity index (χ3v) is 3.40. The van der Waals surface area contributed by atoms with Gasteiger partial charge in [0.1, 0.15) is 0 Å². The van der Waals surface area contributed by atoms with E-state index in [0.29, 0.717) is 5.76 Å². The lowest BCUT2D eigenvalue weighted by molar-refractivity contribution is 0.0552. The summed E-state index contributed by atoms with van der Waals surface area (Å²) < 4.78 is 5.16. The van der Waals surface area contributed by atoms with E-state index in [1.54, 1.807) is 12.1 Å². The highest BCUT2D eigenvalue weighted by atomic mass is 35.5. The number of nitrogens with two attached hydrogens (primary N) is 1. The van der Waals surface area contributed by atoms with E-state index in [1.165, 1.54) is 0 Å². The number of rotatable bonds is 2. The summed E-state index contributed by atoms with van der Waals surface area (Å²) in [5.41, 5.74) is 5.93. The largest absolute Gasteiger partial charge is 0.440 e. The van der Waals surface area contributed by atoms with Crippen LogP contribution in [0.1, 0.15) is 36.7 Å². The summed E-state index contributed by atoms with van der Waals surface area (Å²) in [5.74, 6) is 0.182. The number of furan rings is 1. The van der Waals surface area contributed by atoms with Gasteiger partial charge in [0.25, 0.3) is 5.91 Å². The highest BCUT2D eigenvalue weighted by Crippen LogP contribution is 2.23. The van der Waals surface area contributed by atoms with Gasteiger partial charge >= 0.3 is 0 Å². The zero-order valence-electron chi connectivity index (χ0n) is 9.86. The third-order valence-electron chi connectivity index (χ3n) is 3.20. The summed E-state index contributed by atoms with van der Waals surface area (Å²) in [5, 5.41) is 0.239. The van der Waals surface area contributed by atoms with Crippen LogP contribution in [0, 0.1) is 0 Å². The van der Waals surface area contributed by atoms with Crippen LogP contribution in [0.4, 0.5) is 0 Å². The number of likely N-dealkylation sites (tertiary alicyclic amines) is 1. The predicted molar refractivity (Wildman–Crippen MR) is 66.0 cm³/mol. The Kier molecular flexibility index (Phi) is 3.74. The SMILES string of the molecule is C[C@@H](N)[C@@H]1CCCCN1C(=O)c1ccc(Cl)o1. The van der Waals surface area contributed by atoms with Crippen molar-refractivity contribution in [1.29, 1.82) is 0 Å². The molecule has 2 N–H and O–H groups in total. The Hall–Kier alpha value is -1.00. The van der Waals surface area contributed by atoms with E-state index < -0.39 is 0 Å². The molecule has 0 radical (unpaired) electrons. The summed E-state index contributed by atoms with van der Waals surface area (Å²) in [6, 6.07) is 3.27. The fourth-order valence-corrected chi connectivity index (χ4v) is 2.47. The number of piperidine rings is 1. The van der Waals surface area contributed by atoms with Crippen molar-refractivity contribution in [3.8, 4) is 0 Å². The van der Waals surface area contributed by atoms with Crippen molar-refractivity contribution >= 4 is 17.5 Å². The van der Waals surface area contributed by atoms with Crippen LogP contribution in [0.15, 0.2) is 16.5 Å². The Bertz CT molecular complexity index is 403. The molecule has 0 bridgehead atoms. The Balaban J connectivity index is 2.16. The van der Waals surface area contributed by atoms with Crippen LogP contribution < -0.4 is 5.73 Å². The second-order valence-electron chi connectivity index (χ2n) is 4.52. The molecule has 2 rings (SSSR count). The molecular weight excluding hydrogens is 240 g/mol. The van der Waals surface area contributed by atoms with E-state index in [9.17, 15) is 4.79 Å². The van der Waals surface area contributed by atoms with Crippen molar-refractivity contribution in [3.05, 3.63) is 23.1 Å². The number of nitrogens with zero attached hydrogens (tertiary/aromatic N) is 1. The van der Waals surface area contributed by atoms with Crippen molar-refractivity contribution in [2.45, 2.75) is 38.3 Å². The number of amides is 1. The predicted octanol–water partition coefficient (Wildman–Crippen LogP) is 2.27. The molecule has 0 aliphatic carbocycles. The molecule has 94 valence electrons. The molecule has 1 fully saturated rings. The molecule has 0 saturated carbocycles. The lowest BCUT2D eigenvalue weighted by Crippen LogP contribution is -2.51. The second-order valence-corrected chi connectivity index (χ2v) is 4.90. The van der Waals surface area contributed by atoms with Crippen LogP contribution in [-0.2, 0) is 0 Å². The molecule has 1 amide bonds. The monoisotopic (exact) mass is 256 g/mol. The minimum Gasteiger partial charge on any atom is -0.440 e. The minimum absolute atomic E-state index is 0.0234. The van der Waals surface area contributed by atoms with Gasteiger partial charge < -0.3 is 15.1 Å². The molecule has 0 spiro atoms. The zero-order chi connectivity index (χ0) is 12.4. The summed E-state index contributed by atoms with van der Waals surface area (Å²) in [6.45, 7) is 2.68. The maximum absolute atomic E-state index is 12.2. The topological polar surface area (TPSA) is 59.5 Å². The maximum atomic E-state index is 12.2. The van der Waals surface area contributed by atoms with Crippen LogP contribution in [0.2, 0.25) is 5.22 Å². The van der Waals surface area contributed by atoms with Gasteiger partial charge in [0.15, 0.2) is 11.0 Å². The van der Waals surface area contributed by atoms with Crippen LogP contribution in [-0.4, -0.2) is 29.4 Å². The average Bonchev–Trinajstić information content (AvgIpc) is 2.75. The van der Waals surface area contributed by atoms with Gasteiger partial charge in [0.2, 0.25) is 0 Å². The van der Waals surface area contributed by atoms with E-state index >= 15 is 0 Å². The summed E-state index contributed by atoms with van der Waals surface area (Å²) in [6.07, 6.45) is 3.09. The Morgan fingerprint density at radius 2 is 2.35 bits per heavy atom.